The SMILES string of the molecule is O.O=C1c2ccccc2C(=O)c2c1cccc2S(=O)(=O)[O-].[Na+]. The first-order valence-electron chi connectivity index (χ1n) is 5.68. The van der Waals surface area contributed by atoms with Crippen molar-refractivity contribution >= 4 is 21.7 Å². The summed E-state index contributed by atoms with van der Waals surface area (Å²) in [7, 11) is -4.83. The molecule has 0 saturated heterocycles. The normalized spacial score (nSPS) is 12.6. The maximum absolute atomic E-state index is 12.4. The molecular weight excluding hydrogens is 319 g/mol. The second-order valence-electron chi connectivity index (χ2n) is 4.34. The molecule has 0 amide bonds. The van der Waals surface area contributed by atoms with Crippen LogP contribution in [0.25, 0.3) is 0 Å². The van der Waals surface area contributed by atoms with Crippen LogP contribution in [0.3, 0.4) is 0 Å². The molecule has 0 unspecified atom stereocenters. The molecule has 2 aromatic rings. The van der Waals surface area contributed by atoms with Gasteiger partial charge in [-0.2, -0.15) is 0 Å². The topological polar surface area (TPSA) is 123 Å². The van der Waals surface area contributed by atoms with Gasteiger partial charge in [0.25, 0.3) is 0 Å². The third kappa shape index (κ3) is 2.79. The molecule has 2 N–H and O–H groups in total. The van der Waals surface area contributed by atoms with Crippen LogP contribution in [0, 0.1) is 0 Å². The molecule has 0 fully saturated rings. The summed E-state index contributed by atoms with van der Waals surface area (Å²) in [6, 6.07) is 9.79. The monoisotopic (exact) mass is 328 g/mol. The summed E-state index contributed by atoms with van der Waals surface area (Å²) in [4.78, 5) is 24.0. The Hall–Kier alpha value is -1.35. The molecule has 0 heterocycles. The summed E-state index contributed by atoms with van der Waals surface area (Å²) in [5.41, 5.74) is -0.0524. The maximum Gasteiger partial charge on any atom is 1.00 e. The number of ketones is 2. The molecule has 108 valence electrons. The standard InChI is InChI=1S/C14H8O5S.Na.H2O/c15-13-8-4-1-2-5-9(8)14(16)12-10(13)6-3-7-11(12)20(17,18)19;;/h1-7H,(H,17,18,19);;1H2/q;+1;/p-1. The number of hydrogen-bond acceptors (Lipinski definition) is 5. The van der Waals surface area contributed by atoms with Gasteiger partial charge in [0.1, 0.15) is 10.1 Å². The van der Waals surface area contributed by atoms with Crippen molar-refractivity contribution in [1.29, 1.82) is 0 Å². The minimum atomic E-state index is -4.83. The van der Waals surface area contributed by atoms with Crippen LogP contribution in [0.5, 0.6) is 0 Å². The fraction of sp³-hybridized carbons (Fsp3) is 0. The molecule has 22 heavy (non-hydrogen) atoms. The smallest absolute Gasteiger partial charge is 0.744 e. The van der Waals surface area contributed by atoms with Gasteiger partial charge >= 0.3 is 29.6 Å². The molecule has 2 aromatic carbocycles. The average Bonchev–Trinajstić information content (AvgIpc) is 2.43. The second-order valence-corrected chi connectivity index (χ2v) is 5.68. The Balaban J connectivity index is 0.00000121. The van der Waals surface area contributed by atoms with Crippen LogP contribution in [0.15, 0.2) is 47.4 Å². The molecule has 3 rings (SSSR count). The van der Waals surface area contributed by atoms with E-state index in [0.29, 0.717) is 0 Å². The number of fused-ring (bicyclic) bond motifs is 2. The molecule has 6 nitrogen and oxygen atoms in total. The molecule has 0 saturated carbocycles. The third-order valence-electron chi connectivity index (χ3n) is 3.18. The third-order valence-corrected chi connectivity index (χ3v) is 4.06. The number of hydrogen-bond donors (Lipinski definition) is 0. The van der Waals surface area contributed by atoms with E-state index in [1.807, 2.05) is 0 Å². The van der Waals surface area contributed by atoms with Crippen molar-refractivity contribution < 1.29 is 57.6 Å². The van der Waals surface area contributed by atoms with Crippen LogP contribution in [-0.4, -0.2) is 30.0 Å². The van der Waals surface area contributed by atoms with Crippen LogP contribution < -0.4 is 29.6 Å². The zero-order chi connectivity index (χ0) is 14.5. The Morgan fingerprint density at radius 3 is 1.82 bits per heavy atom. The minimum Gasteiger partial charge on any atom is -0.744 e. The number of rotatable bonds is 1. The van der Waals surface area contributed by atoms with E-state index < -0.39 is 26.6 Å². The van der Waals surface area contributed by atoms with Crippen LogP contribution >= 0.6 is 0 Å². The van der Waals surface area contributed by atoms with Crippen molar-refractivity contribution in [2.75, 3.05) is 0 Å². The molecule has 1 aliphatic carbocycles. The Morgan fingerprint density at radius 1 is 0.773 bits per heavy atom. The molecular formula is C14H9NaO6S. The van der Waals surface area contributed by atoms with Gasteiger partial charge in [0, 0.05) is 16.7 Å². The van der Waals surface area contributed by atoms with Crippen molar-refractivity contribution in [2.24, 2.45) is 0 Å². The van der Waals surface area contributed by atoms with Gasteiger partial charge in [0.05, 0.1) is 10.5 Å². The summed E-state index contributed by atoms with van der Waals surface area (Å²) in [6.45, 7) is 0. The van der Waals surface area contributed by atoms with Gasteiger partial charge < -0.3 is 10.0 Å². The molecule has 0 aliphatic heterocycles. The first-order chi connectivity index (χ1) is 9.41. The molecule has 0 aromatic heterocycles. The van der Waals surface area contributed by atoms with Gasteiger partial charge in [-0.1, -0.05) is 36.4 Å². The van der Waals surface area contributed by atoms with Gasteiger partial charge in [0.2, 0.25) is 0 Å². The van der Waals surface area contributed by atoms with Crippen molar-refractivity contribution in [3.05, 3.63) is 64.7 Å². The molecule has 8 heteroatoms. The van der Waals surface area contributed by atoms with Crippen molar-refractivity contribution in [3.8, 4) is 0 Å². The Bertz CT molecular complexity index is 873. The molecule has 0 bridgehead atoms. The van der Waals surface area contributed by atoms with Crippen LogP contribution in [0.1, 0.15) is 31.8 Å². The number of benzene rings is 2. The van der Waals surface area contributed by atoms with E-state index in [2.05, 4.69) is 0 Å². The first-order valence-corrected chi connectivity index (χ1v) is 7.09. The Labute approximate surface area is 148 Å². The number of carbonyl (C=O) groups excluding carboxylic acids is 2. The molecule has 0 radical (unpaired) electrons. The van der Waals surface area contributed by atoms with Gasteiger partial charge in [0.15, 0.2) is 11.6 Å². The van der Waals surface area contributed by atoms with Crippen LogP contribution in [0.4, 0.5) is 0 Å². The van der Waals surface area contributed by atoms with Crippen molar-refractivity contribution in [3.63, 3.8) is 0 Å². The summed E-state index contributed by atoms with van der Waals surface area (Å²) < 4.78 is 33.7. The summed E-state index contributed by atoms with van der Waals surface area (Å²) in [5, 5.41) is 0. The van der Waals surface area contributed by atoms with E-state index in [1.54, 1.807) is 12.1 Å². The fourth-order valence-electron chi connectivity index (χ4n) is 2.32. The molecule has 1 aliphatic rings. The van der Waals surface area contributed by atoms with E-state index in [1.165, 1.54) is 24.3 Å². The summed E-state index contributed by atoms with van der Waals surface area (Å²) in [6.07, 6.45) is 0. The van der Waals surface area contributed by atoms with Crippen LogP contribution in [-0.2, 0) is 10.1 Å². The van der Waals surface area contributed by atoms with Gasteiger partial charge in [-0.25, -0.2) is 8.42 Å². The average molecular weight is 328 g/mol. The first kappa shape index (κ1) is 18.7. The van der Waals surface area contributed by atoms with Crippen LogP contribution in [0.2, 0.25) is 0 Å². The molecule has 0 spiro atoms. The van der Waals surface area contributed by atoms with E-state index >= 15 is 0 Å². The van der Waals surface area contributed by atoms with Crippen molar-refractivity contribution in [2.45, 2.75) is 4.90 Å². The summed E-state index contributed by atoms with van der Waals surface area (Å²) >= 11 is 0. The predicted octanol–water partition coefficient (Wildman–Crippen LogP) is -2.45. The quantitative estimate of drug-likeness (QED) is 0.362. The van der Waals surface area contributed by atoms with E-state index in [9.17, 15) is 22.6 Å². The van der Waals surface area contributed by atoms with E-state index in [0.717, 1.165) is 6.07 Å². The van der Waals surface area contributed by atoms with Gasteiger partial charge in [-0.3, -0.25) is 9.59 Å². The van der Waals surface area contributed by atoms with Crippen molar-refractivity contribution in [1.82, 2.24) is 0 Å². The fourth-order valence-corrected chi connectivity index (χ4v) is 3.02. The zero-order valence-corrected chi connectivity index (χ0v) is 14.3. The van der Waals surface area contributed by atoms with Gasteiger partial charge in [-0.05, 0) is 6.07 Å². The largest absolute Gasteiger partial charge is 1.00 e. The van der Waals surface area contributed by atoms with E-state index in [4.69, 9.17) is 0 Å². The van der Waals surface area contributed by atoms with Gasteiger partial charge in [-0.15, -0.1) is 0 Å². The zero-order valence-electron chi connectivity index (χ0n) is 11.5. The Kier molecular flexibility index (Phi) is 5.45. The molecule has 0 atom stereocenters. The second kappa shape index (κ2) is 6.41. The summed E-state index contributed by atoms with van der Waals surface area (Å²) in [5.74, 6) is -1.08. The van der Waals surface area contributed by atoms with E-state index in [-0.39, 0.29) is 57.3 Å². The Morgan fingerprint density at radius 2 is 1.27 bits per heavy atom. The number of carbonyl (C=O) groups is 2. The minimum absolute atomic E-state index is 0. The maximum atomic E-state index is 12.4. The predicted molar refractivity (Wildman–Crippen MR) is 71.3 cm³/mol.